The number of ether oxygens (including phenoxy) is 1. The van der Waals surface area contributed by atoms with Gasteiger partial charge in [0.25, 0.3) is 6.21 Å². The van der Waals surface area contributed by atoms with E-state index in [0.29, 0.717) is 4.74 Å². The van der Waals surface area contributed by atoms with E-state index < -0.39 is 11.6 Å². The van der Waals surface area contributed by atoms with Crippen LogP contribution in [0.5, 0.6) is 0 Å². The Kier molecular flexibility index (Phi) is 3.04. The zero-order chi connectivity index (χ0) is 9.07. The lowest BCUT2D eigenvalue weighted by atomic mass is 10.2. The van der Waals surface area contributed by atoms with Gasteiger partial charge in [-0.05, 0) is 20.8 Å². The minimum absolute atomic E-state index is 0.411. The normalized spacial score (nSPS) is 12.9. The molecule has 0 atom stereocenters. The topological polar surface area (TPSA) is 52.4 Å². The highest BCUT2D eigenvalue weighted by molar-refractivity contribution is 6.21. The fourth-order valence-corrected chi connectivity index (χ4v) is 0.477. The van der Waals surface area contributed by atoms with E-state index in [1.165, 1.54) is 7.05 Å². The first kappa shape index (κ1) is 9.94. The van der Waals surface area contributed by atoms with Crippen LogP contribution in [0.15, 0.2) is 0 Å². The van der Waals surface area contributed by atoms with Crippen molar-refractivity contribution in [2.75, 3.05) is 7.05 Å². The van der Waals surface area contributed by atoms with Crippen molar-refractivity contribution in [2.24, 2.45) is 0 Å². The van der Waals surface area contributed by atoms with Crippen LogP contribution in [0.3, 0.4) is 0 Å². The number of rotatable bonds is 1. The third kappa shape index (κ3) is 6.83. The molecule has 0 amide bonds. The molecule has 0 fully saturated rings. The molecule has 4 nitrogen and oxygen atoms in total. The van der Waals surface area contributed by atoms with Gasteiger partial charge in [0.2, 0.25) is 0 Å². The smallest absolute Gasteiger partial charge is 0.397 e. The fraction of sp³-hybridized carbons (Fsp3) is 0.714. The van der Waals surface area contributed by atoms with Crippen molar-refractivity contribution in [1.82, 2.24) is 0 Å². The molecule has 0 radical (unpaired) electrons. The number of nitrogens with zero attached hydrogens (tertiary/aromatic N) is 1. The molecule has 0 aliphatic carbocycles. The maximum absolute atomic E-state index is 10.7. The molecule has 0 aromatic carbocycles. The highest BCUT2D eigenvalue weighted by Crippen LogP contribution is 2.05. The zero-order valence-corrected chi connectivity index (χ0v) is 7.25. The SMILES string of the molecule is C/[N+]([O-])=C/C(=O)OC(C)(C)C. The number of esters is 1. The van der Waals surface area contributed by atoms with Crippen molar-refractivity contribution in [3.8, 4) is 0 Å². The molecule has 11 heavy (non-hydrogen) atoms. The lowest BCUT2D eigenvalue weighted by molar-refractivity contribution is -0.417. The average molecular weight is 159 g/mol. The Morgan fingerprint density at radius 3 is 2.27 bits per heavy atom. The molecule has 0 aromatic rings. The lowest BCUT2D eigenvalue weighted by Crippen LogP contribution is -2.26. The van der Waals surface area contributed by atoms with Gasteiger partial charge >= 0.3 is 5.97 Å². The predicted molar refractivity (Wildman–Crippen MR) is 41.5 cm³/mol. The van der Waals surface area contributed by atoms with E-state index >= 15 is 0 Å². The van der Waals surface area contributed by atoms with Gasteiger partial charge in [0, 0.05) is 0 Å². The van der Waals surface area contributed by atoms with Gasteiger partial charge in [-0.25, -0.2) is 9.53 Å². The Hall–Kier alpha value is -1.06. The summed E-state index contributed by atoms with van der Waals surface area (Å²) in [6.07, 6.45) is 0.852. The Morgan fingerprint density at radius 2 is 2.00 bits per heavy atom. The van der Waals surface area contributed by atoms with Gasteiger partial charge in [0.15, 0.2) is 0 Å². The summed E-state index contributed by atoms with van der Waals surface area (Å²) in [6.45, 7) is 5.22. The number of carbonyl (C=O) groups excluding carboxylic acids is 1. The van der Waals surface area contributed by atoms with E-state index in [9.17, 15) is 10.0 Å². The number of hydroxylamine groups is 1. The largest absolute Gasteiger partial charge is 0.624 e. The van der Waals surface area contributed by atoms with E-state index in [2.05, 4.69) is 0 Å². The van der Waals surface area contributed by atoms with Crippen molar-refractivity contribution in [2.45, 2.75) is 26.4 Å². The van der Waals surface area contributed by atoms with Crippen molar-refractivity contribution in [3.05, 3.63) is 5.21 Å². The summed E-state index contributed by atoms with van der Waals surface area (Å²) >= 11 is 0. The quantitative estimate of drug-likeness (QED) is 0.184. The Balaban J connectivity index is 4.00. The van der Waals surface area contributed by atoms with Crippen molar-refractivity contribution in [3.63, 3.8) is 0 Å². The minimum atomic E-state index is -0.616. The first-order valence-corrected chi connectivity index (χ1v) is 3.29. The monoisotopic (exact) mass is 159 g/mol. The first-order valence-electron chi connectivity index (χ1n) is 3.29. The van der Waals surface area contributed by atoms with E-state index in [4.69, 9.17) is 4.74 Å². The highest BCUT2D eigenvalue weighted by atomic mass is 16.6. The molecule has 0 rings (SSSR count). The maximum atomic E-state index is 10.7. The minimum Gasteiger partial charge on any atom is -0.624 e. The van der Waals surface area contributed by atoms with Crippen LogP contribution in [0.1, 0.15) is 20.8 Å². The molecule has 0 N–H and O–H groups in total. The molecule has 0 saturated carbocycles. The van der Waals surface area contributed by atoms with Gasteiger partial charge in [0.05, 0.1) is 0 Å². The van der Waals surface area contributed by atoms with Crippen LogP contribution in [0, 0.1) is 5.21 Å². The van der Waals surface area contributed by atoms with Crippen molar-refractivity contribution >= 4 is 12.2 Å². The van der Waals surface area contributed by atoms with Gasteiger partial charge in [-0.1, -0.05) is 0 Å². The highest BCUT2D eigenvalue weighted by Gasteiger charge is 2.16. The third-order valence-electron chi connectivity index (χ3n) is 0.694. The summed E-state index contributed by atoms with van der Waals surface area (Å²) < 4.78 is 5.22. The van der Waals surface area contributed by atoms with Crippen LogP contribution < -0.4 is 0 Å². The molecule has 0 heterocycles. The summed E-state index contributed by atoms with van der Waals surface area (Å²) in [6, 6.07) is 0. The van der Waals surface area contributed by atoms with Crippen LogP contribution >= 0.6 is 0 Å². The summed E-state index contributed by atoms with van der Waals surface area (Å²) in [4.78, 5) is 10.7. The Morgan fingerprint density at radius 1 is 1.55 bits per heavy atom. The van der Waals surface area contributed by atoms with Gasteiger partial charge < -0.3 is 9.94 Å². The summed E-state index contributed by atoms with van der Waals surface area (Å²) in [7, 11) is 1.23. The van der Waals surface area contributed by atoms with Gasteiger partial charge in [-0.3, -0.25) is 0 Å². The second-order valence-corrected chi connectivity index (χ2v) is 3.21. The number of carbonyl (C=O) groups is 1. The summed E-state index contributed by atoms with van der Waals surface area (Å²) in [5.41, 5.74) is -0.538. The molecule has 0 aliphatic heterocycles. The van der Waals surface area contributed by atoms with Gasteiger partial charge in [-0.2, -0.15) is 0 Å². The second-order valence-electron chi connectivity index (χ2n) is 3.21. The van der Waals surface area contributed by atoms with Gasteiger partial charge in [-0.15, -0.1) is 0 Å². The van der Waals surface area contributed by atoms with Crippen molar-refractivity contribution in [1.29, 1.82) is 0 Å². The molecule has 0 saturated heterocycles. The predicted octanol–water partition coefficient (Wildman–Crippen LogP) is 0.539. The van der Waals surface area contributed by atoms with Crippen LogP contribution in [0.25, 0.3) is 0 Å². The molecule has 0 spiro atoms. The van der Waals surface area contributed by atoms with E-state index in [1.807, 2.05) is 0 Å². The average Bonchev–Trinajstić information content (AvgIpc) is 1.53. The maximum Gasteiger partial charge on any atom is 0.397 e. The van der Waals surface area contributed by atoms with E-state index in [1.54, 1.807) is 20.8 Å². The van der Waals surface area contributed by atoms with E-state index in [-0.39, 0.29) is 0 Å². The lowest BCUT2D eigenvalue weighted by Gasteiger charge is -2.17. The first-order chi connectivity index (χ1) is 4.81. The molecular weight excluding hydrogens is 146 g/mol. The van der Waals surface area contributed by atoms with E-state index in [0.717, 1.165) is 6.21 Å². The number of hydrogen-bond acceptors (Lipinski definition) is 3. The Bertz CT molecular complexity index is 175. The van der Waals surface area contributed by atoms with Crippen LogP contribution in [0.4, 0.5) is 0 Å². The molecule has 0 unspecified atom stereocenters. The molecule has 0 aromatic heterocycles. The summed E-state index contributed by atoms with van der Waals surface area (Å²) in [5.74, 6) is -0.616. The van der Waals surface area contributed by atoms with Crippen LogP contribution in [-0.4, -0.2) is 29.6 Å². The molecule has 0 bridgehead atoms. The molecule has 0 aliphatic rings. The van der Waals surface area contributed by atoms with Gasteiger partial charge in [0.1, 0.15) is 12.6 Å². The Labute approximate surface area is 66.1 Å². The zero-order valence-electron chi connectivity index (χ0n) is 7.25. The molecule has 64 valence electrons. The standard InChI is InChI=1S/C7H13NO3/c1-7(2,3)11-6(9)5-8(4)10/h5H,1-4H3/b8-5-. The van der Waals surface area contributed by atoms with Crippen LogP contribution in [-0.2, 0) is 9.53 Å². The molecular formula is C7H13NO3. The van der Waals surface area contributed by atoms with Crippen LogP contribution in [0.2, 0.25) is 0 Å². The second kappa shape index (κ2) is 3.37. The summed E-state index contributed by atoms with van der Waals surface area (Å²) in [5, 5.41) is 10.3. The molecule has 4 heteroatoms. The van der Waals surface area contributed by atoms with Crippen molar-refractivity contribution < 1.29 is 14.3 Å². The number of hydrogen-bond donors (Lipinski definition) is 0. The third-order valence-corrected chi connectivity index (χ3v) is 0.694. The fourth-order valence-electron chi connectivity index (χ4n) is 0.477.